The molecule has 0 saturated heterocycles. The molecule has 1 aromatic heterocycles. The number of aryl methyl sites for hydroxylation is 2. The number of aromatic hydroxyl groups is 1. The highest BCUT2D eigenvalue weighted by molar-refractivity contribution is 14.1. The number of phenols is 1. The first-order valence-electron chi connectivity index (χ1n) is 7.60. The number of rotatable bonds is 5. The Morgan fingerprint density at radius 3 is 2.60 bits per heavy atom. The second-order valence-corrected chi connectivity index (χ2v) is 6.51. The first-order valence-corrected chi connectivity index (χ1v) is 8.68. The number of aromatic nitrogens is 1. The molecular weight excluding hydrogens is 433 g/mol. The van der Waals surface area contributed by atoms with Crippen molar-refractivity contribution in [2.45, 2.75) is 20.8 Å². The van der Waals surface area contributed by atoms with Crippen LogP contribution in [0.4, 0.5) is 0 Å². The van der Waals surface area contributed by atoms with Gasteiger partial charge in [0.25, 0.3) is 5.91 Å². The summed E-state index contributed by atoms with van der Waals surface area (Å²) in [4.78, 5) is 12.4. The summed E-state index contributed by atoms with van der Waals surface area (Å²) in [5.74, 6) is -0.150. The van der Waals surface area contributed by atoms with Crippen LogP contribution >= 0.6 is 22.6 Å². The van der Waals surface area contributed by atoms with Crippen molar-refractivity contribution in [1.82, 2.24) is 4.68 Å². The van der Waals surface area contributed by atoms with E-state index >= 15 is 0 Å². The van der Waals surface area contributed by atoms with Crippen LogP contribution in [0.1, 0.15) is 23.9 Å². The Kier molecular flexibility index (Phi) is 6.09. The standard InChI is InChI=1S/C18H18IN3O3/c1-4-25-16-9-13(8-15(19)17(16)23)7-14(10-20)18(24)21-22-11(2)5-6-12(22)3/h5-9,23H,4H2,1-3H3,(H,21,24)/b14-7-. The number of ether oxygens (including phenoxy) is 1. The Balaban J connectivity index is 2.34. The lowest BCUT2D eigenvalue weighted by atomic mass is 10.1. The predicted molar refractivity (Wildman–Crippen MR) is 104 cm³/mol. The summed E-state index contributed by atoms with van der Waals surface area (Å²) in [6.07, 6.45) is 1.47. The van der Waals surface area contributed by atoms with Crippen molar-refractivity contribution in [2.75, 3.05) is 12.0 Å². The van der Waals surface area contributed by atoms with Crippen LogP contribution in [0.5, 0.6) is 11.5 Å². The maximum atomic E-state index is 12.4. The SMILES string of the molecule is CCOc1cc(/C=C(/C#N)C(=O)Nn2c(C)ccc2C)cc(I)c1O. The third kappa shape index (κ3) is 4.33. The van der Waals surface area contributed by atoms with Crippen LogP contribution in [0, 0.1) is 28.7 Å². The van der Waals surface area contributed by atoms with Crippen molar-refractivity contribution >= 4 is 34.6 Å². The molecule has 0 aliphatic carbocycles. The van der Waals surface area contributed by atoms with Gasteiger partial charge in [-0.3, -0.25) is 14.9 Å². The Labute approximate surface area is 159 Å². The molecule has 130 valence electrons. The van der Waals surface area contributed by atoms with Gasteiger partial charge in [0.2, 0.25) is 0 Å². The molecule has 0 aliphatic heterocycles. The van der Waals surface area contributed by atoms with E-state index in [1.807, 2.05) is 61.6 Å². The fraction of sp³-hybridized carbons (Fsp3) is 0.222. The topological polar surface area (TPSA) is 87.3 Å². The minimum Gasteiger partial charge on any atom is -0.504 e. The minimum atomic E-state index is -0.508. The zero-order chi connectivity index (χ0) is 18.6. The molecule has 1 heterocycles. The molecule has 0 radical (unpaired) electrons. The number of amides is 1. The molecule has 0 saturated carbocycles. The van der Waals surface area contributed by atoms with Crippen molar-refractivity contribution in [3.05, 3.63) is 50.4 Å². The van der Waals surface area contributed by atoms with Gasteiger partial charge >= 0.3 is 0 Å². The molecule has 7 heteroatoms. The van der Waals surface area contributed by atoms with E-state index in [-0.39, 0.29) is 11.3 Å². The van der Waals surface area contributed by atoms with Crippen molar-refractivity contribution in [1.29, 1.82) is 5.26 Å². The average molecular weight is 451 g/mol. The van der Waals surface area contributed by atoms with Crippen LogP contribution in [-0.2, 0) is 4.79 Å². The summed E-state index contributed by atoms with van der Waals surface area (Å²) < 4.78 is 7.58. The molecule has 0 spiro atoms. The average Bonchev–Trinajstić information content (AvgIpc) is 2.89. The van der Waals surface area contributed by atoms with E-state index in [2.05, 4.69) is 5.43 Å². The first-order chi connectivity index (χ1) is 11.9. The zero-order valence-electron chi connectivity index (χ0n) is 14.1. The minimum absolute atomic E-state index is 0.0427. The molecule has 0 atom stereocenters. The van der Waals surface area contributed by atoms with E-state index < -0.39 is 5.91 Å². The van der Waals surface area contributed by atoms with Crippen LogP contribution in [0.15, 0.2) is 29.8 Å². The van der Waals surface area contributed by atoms with E-state index in [0.717, 1.165) is 11.4 Å². The van der Waals surface area contributed by atoms with Crippen molar-refractivity contribution < 1.29 is 14.6 Å². The van der Waals surface area contributed by atoms with Crippen LogP contribution in [-0.4, -0.2) is 22.3 Å². The maximum Gasteiger partial charge on any atom is 0.280 e. The van der Waals surface area contributed by atoms with Gasteiger partial charge in [0.1, 0.15) is 11.6 Å². The Bertz CT molecular complexity index is 859. The van der Waals surface area contributed by atoms with Gasteiger partial charge in [-0.1, -0.05) is 0 Å². The number of carbonyl (C=O) groups is 1. The number of carbonyl (C=O) groups excluding carboxylic acids is 1. The monoisotopic (exact) mass is 451 g/mol. The third-order valence-corrected chi connectivity index (χ3v) is 4.33. The number of nitrogens with zero attached hydrogens (tertiary/aromatic N) is 2. The quantitative estimate of drug-likeness (QED) is 0.414. The van der Waals surface area contributed by atoms with Gasteiger partial charge in [0.05, 0.1) is 10.2 Å². The molecule has 2 N–H and O–H groups in total. The van der Waals surface area contributed by atoms with Crippen molar-refractivity contribution in [3.8, 4) is 17.6 Å². The highest BCUT2D eigenvalue weighted by Gasteiger charge is 2.14. The second kappa shape index (κ2) is 8.07. The smallest absolute Gasteiger partial charge is 0.280 e. The van der Waals surface area contributed by atoms with Gasteiger partial charge in [0.15, 0.2) is 11.5 Å². The Morgan fingerprint density at radius 1 is 1.40 bits per heavy atom. The van der Waals surface area contributed by atoms with Gasteiger partial charge in [-0.05, 0) is 79.3 Å². The number of hydrogen-bond donors (Lipinski definition) is 2. The highest BCUT2D eigenvalue weighted by atomic mass is 127. The van der Waals surface area contributed by atoms with Crippen LogP contribution in [0.2, 0.25) is 0 Å². The molecule has 0 fully saturated rings. The summed E-state index contributed by atoms with van der Waals surface area (Å²) in [6, 6.07) is 8.94. The summed E-state index contributed by atoms with van der Waals surface area (Å²) in [5, 5.41) is 19.3. The summed E-state index contributed by atoms with van der Waals surface area (Å²) in [6.45, 7) is 5.93. The summed E-state index contributed by atoms with van der Waals surface area (Å²) >= 11 is 1.97. The molecule has 2 rings (SSSR count). The summed E-state index contributed by atoms with van der Waals surface area (Å²) in [7, 11) is 0. The lowest BCUT2D eigenvalue weighted by molar-refractivity contribution is -0.113. The molecule has 0 aliphatic rings. The van der Waals surface area contributed by atoms with Crippen LogP contribution < -0.4 is 10.2 Å². The van der Waals surface area contributed by atoms with Crippen molar-refractivity contribution in [2.24, 2.45) is 0 Å². The molecule has 1 amide bonds. The third-order valence-electron chi connectivity index (χ3n) is 3.51. The molecule has 0 unspecified atom stereocenters. The van der Waals surface area contributed by atoms with E-state index in [1.54, 1.807) is 16.8 Å². The molecule has 0 bridgehead atoms. The summed E-state index contributed by atoms with van der Waals surface area (Å²) in [5.41, 5.74) is 4.97. The van der Waals surface area contributed by atoms with E-state index in [9.17, 15) is 15.2 Å². The van der Waals surface area contributed by atoms with Crippen LogP contribution in [0.25, 0.3) is 6.08 Å². The zero-order valence-corrected chi connectivity index (χ0v) is 16.3. The Morgan fingerprint density at radius 2 is 2.04 bits per heavy atom. The predicted octanol–water partition coefficient (Wildman–Crippen LogP) is 3.49. The molecule has 2 aromatic rings. The fourth-order valence-electron chi connectivity index (χ4n) is 2.26. The lowest BCUT2D eigenvalue weighted by Crippen LogP contribution is -2.25. The number of halogens is 1. The van der Waals surface area contributed by atoms with Gasteiger partial charge in [0, 0.05) is 11.4 Å². The second-order valence-electron chi connectivity index (χ2n) is 5.34. The first kappa shape index (κ1) is 18.9. The van der Waals surface area contributed by atoms with Gasteiger partial charge < -0.3 is 9.84 Å². The number of nitriles is 1. The van der Waals surface area contributed by atoms with E-state index in [1.165, 1.54) is 6.08 Å². The lowest BCUT2D eigenvalue weighted by Gasteiger charge is -2.11. The number of phenolic OH excluding ortho intramolecular Hbond substituents is 1. The van der Waals surface area contributed by atoms with Gasteiger partial charge in [-0.2, -0.15) is 5.26 Å². The fourth-order valence-corrected chi connectivity index (χ4v) is 2.89. The largest absolute Gasteiger partial charge is 0.504 e. The highest BCUT2D eigenvalue weighted by Crippen LogP contribution is 2.33. The van der Waals surface area contributed by atoms with E-state index in [0.29, 0.717) is 21.5 Å². The maximum absolute atomic E-state index is 12.4. The van der Waals surface area contributed by atoms with Gasteiger partial charge in [-0.15, -0.1) is 0 Å². The normalized spacial score (nSPS) is 11.1. The molecule has 25 heavy (non-hydrogen) atoms. The van der Waals surface area contributed by atoms with Gasteiger partial charge in [-0.25, -0.2) is 0 Å². The number of nitrogens with one attached hydrogen (secondary N) is 1. The molecule has 6 nitrogen and oxygen atoms in total. The molecular formula is C18H18IN3O3. The van der Waals surface area contributed by atoms with E-state index in [4.69, 9.17) is 4.74 Å². The molecule has 1 aromatic carbocycles. The number of benzene rings is 1. The number of hydrogen-bond acceptors (Lipinski definition) is 4. The Hall–Kier alpha value is -2.47. The van der Waals surface area contributed by atoms with Crippen LogP contribution in [0.3, 0.4) is 0 Å². The van der Waals surface area contributed by atoms with Crippen molar-refractivity contribution in [3.63, 3.8) is 0 Å².